The fraction of sp³-hybridized carbons (Fsp3) is 0.923. The lowest BCUT2D eigenvalue weighted by molar-refractivity contribution is 0.210. The van der Waals surface area contributed by atoms with E-state index in [0.717, 1.165) is 11.7 Å². The fourth-order valence-corrected chi connectivity index (χ4v) is 2.71. The van der Waals surface area contributed by atoms with Crippen molar-refractivity contribution >= 4 is 17.3 Å². The molecule has 0 radical (unpaired) electrons. The first-order valence-corrected chi connectivity index (χ1v) is 6.99. The highest BCUT2D eigenvalue weighted by Gasteiger charge is 2.27. The lowest BCUT2D eigenvalue weighted by Crippen LogP contribution is -2.45. The molecular formula is C13H26N2S. The summed E-state index contributed by atoms with van der Waals surface area (Å²) in [7, 11) is 0. The van der Waals surface area contributed by atoms with Gasteiger partial charge in [-0.1, -0.05) is 33.6 Å². The van der Waals surface area contributed by atoms with Gasteiger partial charge in [0, 0.05) is 12.6 Å². The molecule has 1 aliphatic carbocycles. The molecular weight excluding hydrogens is 216 g/mol. The molecule has 1 unspecified atom stereocenters. The molecule has 1 saturated carbocycles. The second-order valence-corrected chi connectivity index (χ2v) is 6.12. The smallest absolute Gasteiger partial charge is 0.166 e. The molecule has 1 fully saturated rings. The van der Waals surface area contributed by atoms with Crippen LogP contribution in [0.3, 0.4) is 0 Å². The first-order chi connectivity index (χ1) is 7.53. The highest BCUT2D eigenvalue weighted by Crippen LogP contribution is 2.34. The van der Waals surface area contributed by atoms with Crippen molar-refractivity contribution in [2.24, 2.45) is 5.41 Å². The van der Waals surface area contributed by atoms with Crippen molar-refractivity contribution < 1.29 is 0 Å². The molecule has 0 heterocycles. The van der Waals surface area contributed by atoms with Gasteiger partial charge in [0.1, 0.15) is 0 Å². The molecule has 94 valence electrons. The zero-order valence-electron chi connectivity index (χ0n) is 10.9. The molecule has 0 aromatic rings. The lowest BCUT2D eigenvalue weighted by atomic mass is 9.75. The number of hydrogen-bond acceptors (Lipinski definition) is 1. The van der Waals surface area contributed by atoms with Gasteiger partial charge in [0.05, 0.1) is 0 Å². The highest BCUT2D eigenvalue weighted by molar-refractivity contribution is 7.80. The van der Waals surface area contributed by atoms with Gasteiger partial charge in [-0.15, -0.1) is 0 Å². The van der Waals surface area contributed by atoms with Crippen LogP contribution < -0.4 is 10.6 Å². The molecule has 2 nitrogen and oxygen atoms in total. The predicted octanol–water partition coefficient (Wildman–Crippen LogP) is 3.22. The molecule has 1 rings (SSSR count). The minimum atomic E-state index is 0.481. The van der Waals surface area contributed by atoms with Crippen LogP contribution in [0.5, 0.6) is 0 Å². The van der Waals surface area contributed by atoms with E-state index < -0.39 is 0 Å². The Labute approximate surface area is 106 Å². The number of thiocarbonyl (C=S) groups is 1. The molecule has 0 bridgehead atoms. The SMILES string of the molecule is CCCCNC(=S)NC1CCCC(C)(C)C1. The van der Waals surface area contributed by atoms with Crippen molar-refractivity contribution in [3.05, 3.63) is 0 Å². The van der Waals surface area contributed by atoms with Gasteiger partial charge in [0.15, 0.2) is 5.11 Å². The van der Waals surface area contributed by atoms with Gasteiger partial charge < -0.3 is 10.6 Å². The third-order valence-electron chi connectivity index (χ3n) is 3.36. The Bertz CT molecular complexity index is 226. The second-order valence-electron chi connectivity index (χ2n) is 5.71. The van der Waals surface area contributed by atoms with Crippen molar-refractivity contribution in [1.82, 2.24) is 10.6 Å². The molecule has 16 heavy (non-hydrogen) atoms. The Morgan fingerprint density at radius 3 is 2.81 bits per heavy atom. The van der Waals surface area contributed by atoms with Gasteiger partial charge in [-0.05, 0) is 43.3 Å². The predicted molar refractivity (Wildman–Crippen MR) is 74.7 cm³/mol. The van der Waals surface area contributed by atoms with Gasteiger partial charge in [0.25, 0.3) is 0 Å². The summed E-state index contributed by atoms with van der Waals surface area (Å²) in [6.07, 6.45) is 7.58. The van der Waals surface area contributed by atoms with Gasteiger partial charge in [-0.3, -0.25) is 0 Å². The Hall–Kier alpha value is -0.310. The summed E-state index contributed by atoms with van der Waals surface area (Å²) in [6, 6.07) is 0.574. The van der Waals surface area contributed by atoms with E-state index in [9.17, 15) is 0 Å². The lowest BCUT2D eigenvalue weighted by Gasteiger charge is -2.36. The van der Waals surface area contributed by atoms with Gasteiger partial charge in [-0.25, -0.2) is 0 Å². The zero-order chi connectivity index (χ0) is 12.0. The maximum absolute atomic E-state index is 5.30. The normalized spacial score (nSPS) is 23.8. The zero-order valence-corrected chi connectivity index (χ0v) is 11.8. The van der Waals surface area contributed by atoms with Crippen molar-refractivity contribution in [3.8, 4) is 0 Å². The van der Waals surface area contributed by atoms with Crippen LogP contribution in [0, 0.1) is 5.41 Å². The third kappa shape index (κ3) is 5.15. The molecule has 0 spiro atoms. The number of unbranched alkanes of at least 4 members (excludes halogenated alkanes) is 1. The van der Waals surface area contributed by atoms with Crippen LogP contribution in [0.2, 0.25) is 0 Å². The van der Waals surface area contributed by atoms with E-state index in [2.05, 4.69) is 31.4 Å². The monoisotopic (exact) mass is 242 g/mol. The van der Waals surface area contributed by atoms with E-state index in [-0.39, 0.29) is 0 Å². The van der Waals surface area contributed by atoms with E-state index in [4.69, 9.17) is 12.2 Å². The summed E-state index contributed by atoms with van der Waals surface area (Å²) in [6.45, 7) is 7.91. The van der Waals surface area contributed by atoms with Crippen LogP contribution in [-0.4, -0.2) is 17.7 Å². The van der Waals surface area contributed by atoms with Crippen LogP contribution >= 0.6 is 12.2 Å². The van der Waals surface area contributed by atoms with Crippen molar-refractivity contribution in [1.29, 1.82) is 0 Å². The first-order valence-electron chi connectivity index (χ1n) is 6.58. The Kier molecular flexibility index (Phi) is 5.53. The van der Waals surface area contributed by atoms with E-state index >= 15 is 0 Å². The Balaban J connectivity index is 2.23. The molecule has 0 aromatic carbocycles. The minimum absolute atomic E-state index is 0.481. The van der Waals surface area contributed by atoms with Gasteiger partial charge in [-0.2, -0.15) is 0 Å². The van der Waals surface area contributed by atoms with Crippen molar-refractivity contribution in [2.75, 3.05) is 6.54 Å². The van der Waals surface area contributed by atoms with Crippen molar-refractivity contribution in [3.63, 3.8) is 0 Å². The quantitative estimate of drug-likeness (QED) is 0.585. The molecule has 1 atom stereocenters. The molecule has 0 aromatic heterocycles. The minimum Gasteiger partial charge on any atom is -0.363 e. The number of nitrogens with one attached hydrogen (secondary N) is 2. The maximum Gasteiger partial charge on any atom is 0.166 e. The van der Waals surface area contributed by atoms with E-state index in [1.165, 1.54) is 38.5 Å². The van der Waals surface area contributed by atoms with Gasteiger partial charge >= 0.3 is 0 Å². The summed E-state index contributed by atoms with van der Waals surface area (Å²) < 4.78 is 0. The fourth-order valence-electron chi connectivity index (χ4n) is 2.44. The Morgan fingerprint density at radius 1 is 1.44 bits per heavy atom. The summed E-state index contributed by atoms with van der Waals surface area (Å²) in [4.78, 5) is 0. The number of hydrogen-bond donors (Lipinski definition) is 2. The average Bonchev–Trinajstić information content (AvgIpc) is 2.16. The summed E-state index contributed by atoms with van der Waals surface area (Å²) >= 11 is 5.30. The standard InChI is InChI=1S/C13H26N2S/c1-4-5-9-14-12(16)15-11-7-6-8-13(2,3)10-11/h11H,4-10H2,1-3H3,(H2,14,15,16). The summed E-state index contributed by atoms with van der Waals surface area (Å²) in [5, 5.41) is 7.58. The topological polar surface area (TPSA) is 24.1 Å². The van der Waals surface area contributed by atoms with Gasteiger partial charge in [0.2, 0.25) is 0 Å². The van der Waals surface area contributed by atoms with Crippen LogP contribution in [-0.2, 0) is 0 Å². The van der Waals surface area contributed by atoms with E-state index in [1.54, 1.807) is 0 Å². The van der Waals surface area contributed by atoms with Crippen LogP contribution in [0.1, 0.15) is 59.3 Å². The second kappa shape index (κ2) is 6.43. The third-order valence-corrected chi connectivity index (χ3v) is 3.62. The molecule has 3 heteroatoms. The number of rotatable bonds is 4. The van der Waals surface area contributed by atoms with Crippen LogP contribution in [0.4, 0.5) is 0 Å². The first kappa shape index (κ1) is 13.8. The Morgan fingerprint density at radius 2 is 2.19 bits per heavy atom. The molecule has 0 aliphatic heterocycles. The van der Waals surface area contributed by atoms with Crippen LogP contribution in [0.15, 0.2) is 0 Å². The van der Waals surface area contributed by atoms with E-state index in [0.29, 0.717) is 11.5 Å². The molecule has 0 amide bonds. The largest absolute Gasteiger partial charge is 0.363 e. The average molecular weight is 242 g/mol. The van der Waals surface area contributed by atoms with E-state index in [1.807, 2.05) is 0 Å². The molecule has 0 saturated heterocycles. The summed E-state index contributed by atoms with van der Waals surface area (Å²) in [5.74, 6) is 0. The molecule has 1 aliphatic rings. The summed E-state index contributed by atoms with van der Waals surface area (Å²) in [5.41, 5.74) is 0.481. The van der Waals surface area contributed by atoms with Crippen molar-refractivity contribution in [2.45, 2.75) is 65.3 Å². The highest BCUT2D eigenvalue weighted by atomic mass is 32.1. The molecule has 2 N–H and O–H groups in total. The van der Waals surface area contributed by atoms with Crippen LogP contribution in [0.25, 0.3) is 0 Å². The maximum atomic E-state index is 5.30.